The molecule has 1 aliphatic heterocycles. The third-order valence-electron chi connectivity index (χ3n) is 6.20. The van der Waals surface area contributed by atoms with Gasteiger partial charge in [-0.3, -0.25) is 19.5 Å². The van der Waals surface area contributed by atoms with E-state index in [9.17, 15) is 9.59 Å². The van der Waals surface area contributed by atoms with E-state index in [-0.39, 0.29) is 17.9 Å². The number of anilines is 1. The zero-order valence-electron chi connectivity index (χ0n) is 19.2. The van der Waals surface area contributed by atoms with Crippen LogP contribution >= 0.6 is 0 Å². The number of aryl methyl sites for hydroxylation is 2. The summed E-state index contributed by atoms with van der Waals surface area (Å²) in [4.78, 5) is 32.4. The Balaban J connectivity index is 1.52. The Kier molecular flexibility index (Phi) is 7.15. The maximum absolute atomic E-state index is 13.2. The van der Waals surface area contributed by atoms with E-state index in [0.717, 1.165) is 18.7 Å². The van der Waals surface area contributed by atoms with Crippen molar-refractivity contribution in [2.45, 2.75) is 32.7 Å². The van der Waals surface area contributed by atoms with Crippen LogP contribution in [0.15, 0.2) is 67.0 Å². The van der Waals surface area contributed by atoms with E-state index in [4.69, 9.17) is 0 Å². The Labute approximate surface area is 195 Å². The van der Waals surface area contributed by atoms with Gasteiger partial charge in [0.2, 0.25) is 0 Å². The molecule has 33 heavy (non-hydrogen) atoms. The molecule has 1 atom stereocenters. The molecule has 1 saturated heterocycles. The van der Waals surface area contributed by atoms with Crippen LogP contribution in [0.4, 0.5) is 5.69 Å². The zero-order chi connectivity index (χ0) is 23.2. The van der Waals surface area contributed by atoms with Gasteiger partial charge in [0.25, 0.3) is 11.8 Å². The van der Waals surface area contributed by atoms with Crippen LogP contribution in [0.5, 0.6) is 0 Å². The number of rotatable bonds is 7. The van der Waals surface area contributed by atoms with Crippen LogP contribution in [0.25, 0.3) is 0 Å². The molecule has 6 nitrogen and oxygen atoms in total. The third kappa shape index (κ3) is 5.46. The molecule has 0 bridgehead atoms. The summed E-state index contributed by atoms with van der Waals surface area (Å²) in [6.07, 6.45) is 5.51. The molecular formula is C27H30N4O2. The molecule has 3 aromatic rings. The number of likely N-dealkylation sites (tertiary alicyclic amines) is 1. The fourth-order valence-corrected chi connectivity index (χ4v) is 4.30. The Hall–Kier alpha value is -3.51. The summed E-state index contributed by atoms with van der Waals surface area (Å²) in [6, 6.07) is 17.4. The highest BCUT2D eigenvalue weighted by atomic mass is 16.2. The maximum atomic E-state index is 13.2. The molecule has 1 aliphatic rings. The van der Waals surface area contributed by atoms with Gasteiger partial charge in [0.05, 0.1) is 17.3 Å². The van der Waals surface area contributed by atoms with Crippen LogP contribution in [0.1, 0.15) is 56.3 Å². The number of benzene rings is 2. The van der Waals surface area contributed by atoms with Crippen LogP contribution in [0.3, 0.4) is 0 Å². The first kappa shape index (κ1) is 22.7. The molecule has 0 saturated carbocycles. The highest BCUT2D eigenvalue weighted by molar-refractivity contribution is 6.09. The molecule has 0 radical (unpaired) electrons. The Morgan fingerprint density at radius 3 is 2.33 bits per heavy atom. The summed E-state index contributed by atoms with van der Waals surface area (Å²) in [6.45, 7) is 6.54. The number of carbonyl (C=O) groups is 2. The summed E-state index contributed by atoms with van der Waals surface area (Å²) in [7, 11) is 0. The van der Waals surface area contributed by atoms with Gasteiger partial charge in [-0.2, -0.15) is 0 Å². The molecule has 1 unspecified atom stereocenters. The third-order valence-corrected chi connectivity index (χ3v) is 6.20. The molecule has 2 aromatic carbocycles. The second kappa shape index (κ2) is 10.4. The van der Waals surface area contributed by atoms with E-state index >= 15 is 0 Å². The molecular weight excluding hydrogens is 412 g/mol. The highest BCUT2D eigenvalue weighted by Gasteiger charge is 2.25. The average Bonchev–Trinajstić information content (AvgIpc) is 3.36. The van der Waals surface area contributed by atoms with E-state index in [0.29, 0.717) is 23.4 Å². The number of amides is 2. The minimum absolute atomic E-state index is 0.122. The Morgan fingerprint density at radius 2 is 1.64 bits per heavy atom. The fourth-order valence-electron chi connectivity index (χ4n) is 4.30. The molecule has 0 spiro atoms. The van der Waals surface area contributed by atoms with Crippen LogP contribution in [0.2, 0.25) is 0 Å². The van der Waals surface area contributed by atoms with Crippen molar-refractivity contribution in [3.05, 3.63) is 94.8 Å². The van der Waals surface area contributed by atoms with Gasteiger partial charge in [0.1, 0.15) is 0 Å². The van der Waals surface area contributed by atoms with Crippen molar-refractivity contribution < 1.29 is 9.59 Å². The van der Waals surface area contributed by atoms with Crippen molar-refractivity contribution in [2.75, 3.05) is 25.0 Å². The number of pyridine rings is 1. The minimum Gasteiger partial charge on any atom is -0.350 e. The van der Waals surface area contributed by atoms with Crippen LogP contribution in [0, 0.1) is 13.8 Å². The average molecular weight is 443 g/mol. The molecule has 6 heteroatoms. The van der Waals surface area contributed by atoms with Crippen molar-refractivity contribution in [2.24, 2.45) is 0 Å². The first-order valence-electron chi connectivity index (χ1n) is 11.4. The van der Waals surface area contributed by atoms with Gasteiger partial charge < -0.3 is 10.6 Å². The van der Waals surface area contributed by atoms with Crippen molar-refractivity contribution in [3.8, 4) is 0 Å². The van der Waals surface area contributed by atoms with Gasteiger partial charge in [-0.25, -0.2) is 0 Å². The van der Waals surface area contributed by atoms with Crippen molar-refractivity contribution in [1.29, 1.82) is 0 Å². The Bertz CT molecular complexity index is 1110. The summed E-state index contributed by atoms with van der Waals surface area (Å²) < 4.78 is 0. The predicted octanol–water partition coefficient (Wildman–Crippen LogP) is 4.52. The number of para-hydroxylation sites is 1. The van der Waals surface area contributed by atoms with E-state index in [1.165, 1.54) is 24.0 Å². The largest absolute Gasteiger partial charge is 0.350 e. The van der Waals surface area contributed by atoms with E-state index in [2.05, 4.69) is 51.7 Å². The van der Waals surface area contributed by atoms with Gasteiger partial charge in [-0.15, -0.1) is 0 Å². The highest BCUT2D eigenvalue weighted by Crippen LogP contribution is 2.26. The lowest BCUT2D eigenvalue weighted by Crippen LogP contribution is -2.37. The standard InChI is InChI=1S/C27H30N4O2/c1-19-8-10-21(11-9-19)24(31-16-3-4-17-31)18-29-27(33)23-7-5-6-20(2)25(23)30-26(32)22-12-14-28-15-13-22/h5-15,24H,3-4,16-18H2,1-2H3,(H,29,33)(H,30,32). The number of hydrogen-bond acceptors (Lipinski definition) is 4. The molecule has 170 valence electrons. The lowest BCUT2D eigenvalue weighted by atomic mass is 10.0. The summed E-state index contributed by atoms with van der Waals surface area (Å²) >= 11 is 0. The molecule has 1 fully saturated rings. The van der Waals surface area contributed by atoms with Gasteiger partial charge in [0, 0.05) is 24.5 Å². The molecule has 2 heterocycles. The molecule has 0 aliphatic carbocycles. The second-order valence-electron chi connectivity index (χ2n) is 8.57. The lowest BCUT2D eigenvalue weighted by molar-refractivity contribution is 0.0938. The van der Waals surface area contributed by atoms with Gasteiger partial charge in [-0.1, -0.05) is 42.0 Å². The topological polar surface area (TPSA) is 74.3 Å². The quantitative estimate of drug-likeness (QED) is 0.564. The number of aromatic nitrogens is 1. The normalized spacial score (nSPS) is 14.6. The first-order valence-corrected chi connectivity index (χ1v) is 11.4. The van der Waals surface area contributed by atoms with Crippen molar-refractivity contribution >= 4 is 17.5 Å². The zero-order valence-corrected chi connectivity index (χ0v) is 19.2. The van der Waals surface area contributed by atoms with Gasteiger partial charge in [0.15, 0.2) is 0 Å². The summed E-state index contributed by atoms with van der Waals surface area (Å²) in [5.41, 5.74) is 4.75. The molecule has 2 amide bonds. The lowest BCUT2D eigenvalue weighted by Gasteiger charge is -2.28. The van der Waals surface area contributed by atoms with Gasteiger partial charge >= 0.3 is 0 Å². The van der Waals surface area contributed by atoms with Crippen LogP contribution in [-0.4, -0.2) is 41.3 Å². The monoisotopic (exact) mass is 442 g/mol. The van der Waals surface area contributed by atoms with Crippen molar-refractivity contribution in [3.63, 3.8) is 0 Å². The van der Waals surface area contributed by atoms with Crippen LogP contribution < -0.4 is 10.6 Å². The van der Waals surface area contributed by atoms with E-state index < -0.39 is 0 Å². The van der Waals surface area contributed by atoms with E-state index in [1.54, 1.807) is 30.6 Å². The van der Waals surface area contributed by atoms with E-state index in [1.807, 2.05) is 19.1 Å². The second-order valence-corrected chi connectivity index (χ2v) is 8.57. The van der Waals surface area contributed by atoms with Crippen LogP contribution in [-0.2, 0) is 0 Å². The predicted molar refractivity (Wildman–Crippen MR) is 130 cm³/mol. The number of nitrogens with zero attached hydrogens (tertiary/aromatic N) is 2. The first-order chi connectivity index (χ1) is 16.0. The number of carbonyl (C=O) groups excluding carboxylic acids is 2. The van der Waals surface area contributed by atoms with Crippen molar-refractivity contribution in [1.82, 2.24) is 15.2 Å². The molecule has 4 rings (SSSR count). The molecule has 2 N–H and O–H groups in total. The number of hydrogen-bond donors (Lipinski definition) is 2. The van der Waals surface area contributed by atoms with Gasteiger partial charge in [-0.05, 0) is 69.1 Å². The number of nitrogens with one attached hydrogen (secondary N) is 2. The summed E-state index contributed by atoms with van der Waals surface area (Å²) in [5, 5.41) is 6.05. The maximum Gasteiger partial charge on any atom is 0.255 e. The Morgan fingerprint density at radius 1 is 0.939 bits per heavy atom. The smallest absolute Gasteiger partial charge is 0.255 e. The SMILES string of the molecule is Cc1ccc(C(CNC(=O)c2cccc(C)c2NC(=O)c2ccncc2)N2CCCC2)cc1. The molecule has 1 aromatic heterocycles. The fraction of sp³-hybridized carbons (Fsp3) is 0.296. The summed E-state index contributed by atoms with van der Waals surface area (Å²) in [5.74, 6) is -0.463. The minimum atomic E-state index is -0.268.